The molecule has 0 amide bonds. The second-order valence-corrected chi connectivity index (χ2v) is 1.52. The summed E-state index contributed by atoms with van der Waals surface area (Å²) in [5.41, 5.74) is 0.0810. The van der Waals surface area contributed by atoms with Crippen molar-refractivity contribution >= 4 is 15.7 Å². The summed E-state index contributed by atoms with van der Waals surface area (Å²) < 4.78 is 0. The number of rotatable bonds is 1. The van der Waals surface area contributed by atoms with E-state index in [2.05, 4.69) is 4.98 Å². The number of aromatic nitrogens is 1. The number of aromatic carboxylic acids is 1. The minimum absolute atomic E-state index is 0. The van der Waals surface area contributed by atoms with Crippen LogP contribution in [0.2, 0.25) is 0 Å². The average molecular weight is 239 g/mol. The van der Waals surface area contributed by atoms with Gasteiger partial charge in [-0.3, -0.25) is 0 Å². The molecule has 1 N–H and O–H groups in total. The monoisotopic (exact) mass is 237 g/mol. The maximum atomic E-state index is 10.1. The quantitative estimate of drug-likeness (QED) is 0.601. The number of hydrogen-bond donors (Lipinski definition) is 1. The topological polar surface area (TPSA) is 50.2 Å². The van der Waals surface area contributed by atoms with Crippen LogP contribution >= 0.6 is 9.69 Å². The van der Waals surface area contributed by atoms with Crippen molar-refractivity contribution in [3.63, 3.8) is 0 Å². The first-order valence-electron chi connectivity index (χ1n) is 2.72. The number of nitrogens with zero attached hydrogens (tertiary/aromatic N) is 1. The molecule has 62 valence electrons. The summed E-state index contributed by atoms with van der Waals surface area (Å²) in [6, 6.07) is 4.76. The molecule has 0 bridgehead atoms. The van der Waals surface area contributed by atoms with Crippen molar-refractivity contribution in [3.8, 4) is 0 Å². The minimum atomic E-state index is -0.990. The molecule has 0 radical (unpaired) electrons. The predicted molar refractivity (Wildman–Crippen MR) is 43.5 cm³/mol. The van der Waals surface area contributed by atoms with Gasteiger partial charge in [-0.25, -0.2) is 9.78 Å². The standard InChI is InChI=1S/C6H5NO2.CH3.ClH.Zn/c8-6(9)5-3-1-2-4-7-5;;;/h1-4H,(H,8,9);1H3;1H;/q;-1;;+2/p-1. The van der Waals surface area contributed by atoms with Gasteiger partial charge in [-0.05, 0) is 12.1 Å². The first-order chi connectivity index (χ1) is 5.30. The van der Waals surface area contributed by atoms with Crippen LogP contribution < -0.4 is 0 Å². The fourth-order valence-electron chi connectivity index (χ4n) is 0.489. The van der Waals surface area contributed by atoms with E-state index in [0.29, 0.717) is 0 Å². The molecule has 0 atom stereocenters. The van der Waals surface area contributed by atoms with E-state index in [0.717, 1.165) is 17.3 Å². The number of halogens is 1. The summed E-state index contributed by atoms with van der Waals surface area (Å²) in [6.07, 6.45) is 1.45. The second kappa shape index (κ2) is 8.63. The number of carboxylic acid groups (broad SMARTS) is 1. The summed E-state index contributed by atoms with van der Waals surface area (Å²) in [6.45, 7) is 0. The number of carbonyl (C=O) groups is 1. The van der Waals surface area contributed by atoms with E-state index in [1.54, 1.807) is 12.1 Å². The van der Waals surface area contributed by atoms with Crippen molar-refractivity contribution in [3.05, 3.63) is 37.5 Å². The summed E-state index contributed by atoms with van der Waals surface area (Å²) in [5.74, 6) is -0.990. The van der Waals surface area contributed by atoms with Gasteiger partial charge >= 0.3 is 33.0 Å². The fourth-order valence-corrected chi connectivity index (χ4v) is 0.489. The summed E-state index contributed by atoms with van der Waals surface area (Å²) in [4.78, 5) is 13.7. The first kappa shape index (κ1) is 14.1. The average Bonchev–Trinajstić information content (AvgIpc) is 2.10. The van der Waals surface area contributed by atoms with Crippen molar-refractivity contribution in [1.29, 1.82) is 0 Å². The van der Waals surface area contributed by atoms with E-state index in [1.165, 1.54) is 12.3 Å². The molecule has 0 aromatic carbocycles. The summed E-state index contributed by atoms with van der Waals surface area (Å²) >= 11 is 0.847. The third-order valence-corrected chi connectivity index (χ3v) is 0.884. The number of pyridine rings is 1. The van der Waals surface area contributed by atoms with Gasteiger partial charge < -0.3 is 12.5 Å². The predicted octanol–water partition coefficient (Wildman–Crippen LogP) is 1.92. The molecule has 0 unspecified atom stereocenters. The van der Waals surface area contributed by atoms with Crippen molar-refractivity contribution in [1.82, 2.24) is 4.98 Å². The van der Waals surface area contributed by atoms with Crippen LogP contribution in [-0.4, -0.2) is 16.1 Å². The molecule has 0 aliphatic carbocycles. The molecule has 1 aromatic rings. The second-order valence-electron chi connectivity index (χ2n) is 1.52. The molecule has 12 heavy (non-hydrogen) atoms. The zero-order valence-corrected chi connectivity index (χ0v) is 10.4. The van der Waals surface area contributed by atoms with Gasteiger partial charge in [0.25, 0.3) is 0 Å². The van der Waals surface area contributed by atoms with Gasteiger partial charge in [-0.2, -0.15) is 0 Å². The van der Waals surface area contributed by atoms with Crippen LogP contribution in [0.4, 0.5) is 0 Å². The van der Waals surface area contributed by atoms with Gasteiger partial charge in [0.05, 0.1) is 0 Å². The molecule has 0 fully saturated rings. The zero-order valence-electron chi connectivity index (χ0n) is 6.70. The van der Waals surface area contributed by atoms with E-state index in [-0.39, 0.29) is 13.1 Å². The van der Waals surface area contributed by atoms with Gasteiger partial charge in [0.2, 0.25) is 0 Å². The molecule has 0 aliphatic rings. The SMILES string of the molecule is O=C(O)c1ccccn1.[CH3-].[Cl][Zn+]. The maximum absolute atomic E-state index is 10.1. The molecule has 5 heteroatoms. The van der Waals surface area contributed by atoms with Crippen LogP contribution in [-0.2, 0) is 17.3 Å². The Bertz CT molecular complexity index is 218. The first-order valence-corrected chi connectivity index (χ1v) is 6.61. The molecule has 0 saturated heterocycles. The van der Waals surface area contributed by atoms with E-state index in [4.69, 9.17) is 14.8 Å². The Kier molecular flexibility index (Phi) is 10.1. The van der Waals surface area contributed by atoms with E-state index in [1.807, 2.05) is 0 Å². The van der Waals surface area contributed by atoms with Crippen LogP contribution in [0.1, 0.15) is 10.5 Å². The Morgan fingerprint density at radius 1 is 1.50 bits per heavy atom. The van der Waals surface area contributed by atoms with Gasteiger partial charge in [-0.1, -0.05) is 6.07 Å². The molecular weight excluding hydrogens is 231 g/mol. The molecule has 3 nitrogen and oxygen atoms in total. The van der Waals surface area contributed by atoms with Crippen LogP contribution in [0.5, 0.6) is 0 Å². The summed E-state index contributed by atoms with van der Waals surface area (Å²) in [7, 11) is 4.76. The van der Waals surface area contributed by atoms with Gasteiger partial charge in [0, 0.05) is 6.20 Å². The molecule has 1 rings (SSSR count). The van der Waals surface area contributed by atoms with Crippen molar-refractivity contribution in [2.24, 2.45) is 0 Å². The molecule has 1 heterocycles. The normalized spacial score (nSPS) is 7.25. The molecule has 0 saturated carbocycles. The van der Waals surface area contributed by atoms with Crippen LogP contribution in [0.3, 0.4) is 0 Å². The Morgan fingerprint density at radius 2 is 2.08 bits per heavy atom. The van der Waals surface area contributed by atoms with E-state index < -0.39 is 5.97 Å². The van der Waals surface area contributed by atoms with Crippen LogP contribution in [0.25, 0.3) is 0 Å². The molecule has 1 aromatic heterocycles. The molecular formula is C7H8ClNO2Zn. The Balaban J connectivity index is 0. The van der Waals surface area contributed by atoms with Crippen LogP contribution in [0.15, 0.2) is 24.4 Å². The van der Waals surface area contributed by atoms with E-state index >= 15 is 0 Å². The Morgan fingerprint density at radius 3 is 2.33 bits per heavy atom. The molecule has 0 spiro atoms. The Hall–Kier alpha value is -0.467. The van der Waals surface area contributed by atoms with Gasteiger partial charge in [0.15, 0.2) is 0 Å². The third-order valence-electron chi connectivity index (χ3n) is 0.884. The van der Waals surface area contributed by atoms with Crippen molar-refractivity contribution in [2.75, 3.05) is 0 Å². The summed E-state index contributed by atoms with van der Waals surface area (Å²) in [5, 5.41) is 8.32. The number of carboxylic acids is 1. The van der Waals surface area contributed by atoms with Crippen LogP contribution in [0, 0.1) is 7.43 Å². The van der Waals surface area contributed by atoms with Crippen molar-refractivity contribution < 1.29 is 27.2 Å². The fraction of sp³-hybridized carbons (Fsp3) is 0. The van der Waals surface area contributed by atoms with Crippen molar-refractivity contribution in [2.45, 2.75) is 0 Å². The zero-order chi connectivity index (χ0) is 8.69. The number of hydrogen-bond acceptors (Lipinski definition) is 2. The Labute approximate surface area is 85.5 Å². The van der Waals surface area contributed by atoms with E-state index in [9.17, 15) is 4.79 Å². The molecule has 0 aliphatic heterocycles. The van der Waals surface area contributed by atoms with Gasteiger partial charge in [-0.15, -0.1) is 0 Å². The van der Waals surface area contributed by atoms with Gasteiger partial charge in [0.1, 0.15) is 5.69 Å². The third kappa shape index (κ3) is 5.22.